The number of hydrogen-bond donors (Lipinski definition) is 1. The Balaban J connectivity index is 1.83. The number of amides is 1. The lowest BCUT2D eigenvalue weighted by Gasteiger charge is -2.15. The minimum Gasteiger partial charge on any atom is -0.341 e. The lowest BCUT2D eigenvalue weighted by molar-refractivity contribution is 0.0930. The molecule has 1 atom stereocenters. The van der Waals surface area contributed by atoms with Crippen molar-refractivity contribution in [2.45, 2.75) is 26.3 Å². The maximum absolute atomic E-state index is 12.5. The van der Waals surface area contributed by atoms with E-state index in [-0.39, 0.29) is 11.9 Å². The monoisotopic (exact) mass is 346 g/mol. The zero-order valence-electron chi connectivity index (χ0n) is 13.2. The van der Waals surface area contributed by atoms with Crippen LogP contribution in [0.5, 0.6) is 0 Å². The molecule has 0 aliphatic carbocycles. The minimum absolute atomic E-state index is 0.142. The Morgan fingerprint density at radius 1 is 1.39 bits per heavy atom. The van der Waals surface area contributed by atoms with Crippen molar-refractivity contribution in [3.05, 3.63) is 55.9 Å². The molecule has 0 radical (unpaired) electrons. The number of carbonyl (C=O) groups is 1. The molecule has 0 saturated carbocycles. The third-order valence-electron chi connectivity index (χ3n) is 3.61. The van der Waals surface area contributed by atoms with Crippen molar-refractivity contribution >= 4 is 28.6 Å². The van der Waals surface area contributed by atoms with E-state index in [4.69, 9.17) is 0 Å². The van der Waals surface area contributed by atoms with E-state index in [2.05, 4.69) is 33.8 Å². The summed E-state index contributed by atoms with van der Waals surface area (Å²) in [6, 6.07) is 3.66. The molecule has 0 saturated heterocycles. The third kappa shape index (κ3) is 3.68. The number of carbonyl (C=O) groups excluding carboxylic acids is 1. The summed E-state index contributed by atoms with van der Waals surface area (Å²) in [4.78, 5) is 18.3. The molecule has 3 aromatic heterocycles. The quantitative estimate of drug-likeness (QED) is 0.771. The molecule has 1 amide bonds. The molecule has 3 heterocycles. The summed E-state index contributed by atoms with van der Waals surface area (Å²) in [7, 11) is 1.80. The van der Waals surface area contributed by atoms with E-state index in [1.807, 2.05) is 12.3 Å². The summed E-state index contributed by atoms with van der Waals surface area (Å²) >= 11 is 3.30. The van der Waals surface area contributed by atoms with Crippen LogP contribution in [0.2, 0.25) is 0 Å². The topological polar surface area (TPSA) is 59.8 Å². The maximum Gasteiger partial charge on any atom is 0.272 e. The molecule has 0 aliphatic heterocycles. The number of nitrogens with one attached hydrogen (secondary N) is 1. The van der Waals surface area contributed by atoms with Gasteiger partial charge in [0, 0.05) is 24.5 Å². The summed E-state index contributed by atoms with van der Waals surface area (Å²) in [5.74, 6) is -0.170. The van der Waals surface area contributed by atoms with Crippen molar-refractivity contribution in [1.29, 1.82) is 0 Å². The number of thiophene rings is 1. The SMILES string of the molecule is Cc1nc(C(Cc2ccsc2)NC(=O)c2ccn(C)n2)sc1C. The highest BCUT2D eigenvalue weighted by Gasteiger charge is 2.21. The van der Waals surface area contributed by atoms with Crippen LogP contribution in [0.1, 0.15) is 37.7 Å². The Kier molecular flexibility index (Phi) is 4.58. The van der Waals surface area contributed by atoms with Gasteiger partial charge in [-0.1, -0.05) is 0 Å². The standard InChI is InChI=1S/C16H18N4OS2/c1-10-11(2)23-16(17-10)14(8-12-5-7-22-9-12)18-15(21)13-4-6-20(3)19-13/h4-7,9,14H,8H2,1-3H3,(H,18,21). The molecule has 1 N–H and O–H groups in total. The van der Waals surface area contributed by atoms with E-state index >= 15 is 0 Å². The van der Waals surface area contributed by atoms with E-state index < -0.39 is 0 Å². The molecule has 23 heavy (non-hydrogen) atoms. The Morgan fingerprint density at radius 3 is 2.78 bits per heavy atom. The van der Waals surface area contributed by atoms with Crippen molar-refractivity contribution < 1.29 is 4.79 Å². The number of aryl methyl sites for hydroxylation is 3. The predicted octanol–water partition coefficient (Wildman–Crippen LogP) is 3.27. The first kappa shape index (κ1) is 15.9. The highest BCUT2D eigenvalue weighted by Crippen LogP contribution is 2.26. The Morgan fingerprint density at radius 2 is 2.22 bits per heavy atom. The summed E-state index contributed by atoms with van der Waals surface area (Å²) in [5, 5.41) is 12.3. The second-order valence-electron chi connectivity index (χ2n) is 5.43. The van der Waals surface area contributed by atoms with Crippen LogP contribution in [0.15, 0.2) is 29.1 Å². The Bertz CT molecular complexity index is 785. The maximum atomic E-state index is 12.5. The first-order valence-electron chi connectivity index (χ1n) is 7.28. The average Bonchev–Trinajstić information content (AvgIpc) is 3.22. The van der Waals surface area contributed by atoms with E-state index in [1.165, 1.54) is 10.4 Å². The first-order valence-corrected chi connectivity index (χ1v) is 9.04. The second-order valence-corrected chi connectivity index (χ2v) is 7.44. The van der Waals surface area contributed by atoms with Gasteiger partial charge in [0.05, 0.1) is 11.7 Å². The number of hydrogen-bond acceptors (Lipinski definition) is 5. The van der Waals surface area contributed by atoms with Gasteiger partial charge in [0.15, 0.2) is 0 Å². The average molecular weight is 346 g/mol. The van der Waals surface area contributed by atoms with Crippen molar-refractivity contribution in [1.82, 2.24) is 20.1 Å². The number of aromatic nitrogens is 3. The molecule has 0 aromatic carbocycles. The van der Waals surface area contributed by atoms with Crippen LogP contribution in [0.3, 0.4) is 0 Å². The van der Waals surface area contributed by atoms with Crippen molar-refractivity contribution in [2.75, 3.05) is 0 Å². The first-order chi connectivity index (χ1) is 11.0. The molecule has 3 aromatic rings. The normalized spacial score (nSPS) is 12.3. The zero-order chi connectivity index (χ0) is 16.4. The fourth-order valence-electron chi connectivity index (χ4n) is 2.26. The van der Waals surface area contributed by atoms with E-state index in [9.17, 15) is 4.79 Å². The highest BCUT2D eigenvalue weighted by atomic mass is 32.1. The summed E-state index contributed by atoms with van der Waals surface area (Å²) < 4.78 is 1.63. The van der Waals surface area contributed by atoms with Gasteiger partial charge in [0.2, 0.25) is 0 Å². The van der Waals surface area contributed by atoms with Crippen LogP contribution in [-0.2, 0) is 13.5 Å². The molecule has 0 bridgehead atoms. The molecular weight excluding hydrogens is 328 g/mol. The van der Waals surface area contributed by atoms with Crippen molar-refractivity contribution in [3.63, 3.8) is 0 Å². The third-order valence-corrected chi connectivity index (χ3v) is 5.53. The molecule has 1 unspecified atom stereocenters. The van der Waals surface area contributed by atoms with E-state index in [1.54, 1.807) is 46.7 Å². The predicted molar refractivity (Wildman–Crippen MR) is 93.0 cm³/mol. The molecule has 0 aliphatic rings. The summed E-state index contributed by atoms with van der Waals surface area (Å²) in [6.07, 6.45) is 2.49. The van der Waals surface area contributed by atoms with Gasteiger partial charge in [-0.3, -0.25) is 9.48 Å². The lowest BCUT2D eigenvalue weighted by Crippen LogP contribution is -2.30. The largest absolute Gasteiger partial charge is 0.341 e. The van der Waals surface area contributed by atoms with E-state index in [0.717, 1.165) is 17.1 Å². The van der Waals surface area contributed by atoms with Crippen LogP contribution in [0.25, 0.3) is 0 Å². The van der Waals surface area contributed by atoms with Gasteiger partial charge >= 0.3 is 0 Å². The van der Waals surface area contributed by atoms with Crippen LogP contribution in [0, 0.1) is 13.8 Å². The van der Waals surface area contributed by atoms with Gasteiger partial charge in [-0.25, -0.2) is 4.98 Å². The van der Waals surface area contributed by atoms with Gasteiger partial charge in [-0.2, -0.15) is 16.4 Å². The van der Waals surface area contributed by atoms with Crippen molar-refractivity contribution in [3.8, 4) is 0 Å². The van der Waals surface area contributed by atoms with Crippen LogP contribution in [-0.4, -0.2) is 20.7 Å². The molecule has 120 valence electrons. The van der Waals surface area contributed by atoms with E-state index in [0.29, 0.717) is 5.69 Å². The molecule has 0 spiro atoms. The van der Waals surface area contributed by atoms with Crippen LogP contribution < -0.4 is 5.32 Å². The minimum atomic E-state index is -0.170. The second kappa shape index (κ2) is 6.64. The summed E-state index contributed by atoms with van der Waals surface area (Å²) in [5.41, 5.74) is 2.65. The fourth-order valence-corrected chi connectivity index (χ4v) is 3.92. The number of thiazole rings is 1. The molecular formula is C16H18N4OS2. The molecule has 3 rings (SSSR count). The molecule has 5 nitrogen and oxygen atoms in total. The Labute approximate surface area is 143 Å². The van der Waals surface area contributed by atoms with Gasteiger partial charge < -0.3 is 5.32 Å². The fraction of sp³-hybridized carbons (Fsp3) is 0.312. The lowest BCUT2D eigenvalue weighted by atomic mass is 10.1. The molecule has 0 fully saturated rings. The Hall–Kier alpha value is -1.99. The van der Waals surface area contributed by atoms with Crippen LogP contribution in [0.4, 0.5) is 0 Å². The summed E-state index contributed by atoms with van der Waals surface area (Å²) in [6.45, 7) is 4.05. The van der Waals surface area contributed by atoms with Gasteiger partial charge in [0.1, 0.15) is 10.7 Å². The van der Waals surface area contributed by atoms with Crippen LogP contribution >= 0.6 is 22.7 Å². The van der Waals surface area contributed by atoms with Gasteiger partial charge in [0.25, 0.3) is 5.91 Å². The van der Waals surface area contributed by atoms with Gasteiger partial charge in [-0.15, -0.1) is 11.3 Å². The smallest absolute Gasteiger partial charge is 0.272 e. The van der Waals surface area contributed by atoms with Crippen molar-refractivity contribution in [2.24, 2.45) is 7.05 Å². The highest BCUT2D eigenvalue weighted by molar-refractivity contribution is 7.11. The van der Waals surface area contributed by atoms with Gasteiger partial charge in [-0.05, 0) is 42.3 Å². The number of rotatable bonds is 5. The molecule has 7 heteroatoms. The zero-order valence-corrected chi connectivity index (χ0v) is 14.9. The number of nitrogens with zero attached hydrogens (tertiary/aromatic N) is 3.